The van der Waals surface area contributed by atoms with Crippen LogP contribution in [-0.4, -0.2) is 51.1 Å². The van der Waals surface area contributed by atoms with Gasteiger partial charge in [0.25, 0.3) is 0 Å². The summed E-state index contributed by atoms with van der Waals surface area (Å²) in [5.41, 5.74) is 7.19. The van der Waals surface area contributed by atoms with Crippen molar-refractivity contribution >= 4 is 11.9 Å². The second-order valence-corrected chi connectivity index (χ2v) is 13.6. The van der Waals surface area contributed by atoms with E-state index < -0.39 is 46.6 Å². The number of carboxylic acid groups (broad SMARTS) is 1. The zero-order chi connectivity index (χ0) is 28.4. The van der Waals surface area contributed by atoms with Gasteiger partial charge in [0.1, 0.15) is 6.10 Å². The molecule has 0 bridgehead atoms. The molecule has 4 fully saturated rings. The number of hydrogen-bond acceptors (Lipinski definition) is 6. The third kappa shape index (κ3) is 4.03. The molecular weight excluding hydrogens is 482 g/mol. The molecule has 0 aromatic rings. The van der Waals surface area contributed by atoms with Gasteiger partial charge in [-0.2, -0.15) is 0 Å². The lowest BCUT2D eigenvalue weighted by molar-refractivity contribution is -0.241. The summed E-state index contributed by atoms with van der Waals surface area (Å²) in [5, 5.41) is 33.0. The van der Waals surface area contributed by atoms with Gasteiger partial charge in [0.2, 0.25) is 0 Å². The number of esters is 1. The monoisotopic (exact) mass is 529 g/mol. The van der Waals surface area contributed by atoms with Crippen LogP contribution in [-0.2, 0) is 14.3 Å². The fourth-order valence-corrected chi connectivity index (χ4v) is 9.46. The van der Waals surface area contributed by atoms with E-state index in [-0.39, 0.29) is 28.7 Å². The lowest BCUT2D eigenvalue weighted by Gasteiger charge is -2.71. The van der Waals surface area contributed by atoms with Crippen molar-refractivity contribution in [1.82, 2.24) is 0 Å². The van der Waals surface area contributed by atoms with Crippen molar-refractivity contribution in [3.05, 3.63) is 34.9 Å². The Labute approximate surface area is 227 Å². The molecule has 0 saturated heterocycles. The number of aliphatic hydroxyl groups is 2. The topological polar surface area (TPSA) is 130 Å². The number of carbonyl (C=O) groups excluding carboxylic acids is 1. The van der Waals surface area contributed by atoms with Gasteiger partial charge in [-0.15, -0.1) is 0 Å². The number of aliphatic hydroxyl groups excluding tert-OH is 2. The van der Waals surface area contributed by atoms with E-state index in [1.807, 2.05) is 26.8 Å². The Morgan fingerprint density at radius 1 is 1.00 bits per heavy atom. The van der Waals surface area contributed by atoms with Gasteiger partial charge in [-0.25, -0.2) is 4.79 Å². The molecule has 5 unspecified atom stereocenters. The molecule has 10 atom stereocenters. The number of allylic oxidation sites excluding steroid dienone is 3. The van der Waals surface area contributed by atoms with E-state index in [1.165, 1.54) is 6.92 Å². The van der Waals surface area contributed by atoms with Crippen LogP contribution in [0.15, 0.2) is 34.9 Å². The predicted molar refractivity (Wildman–Crippen MR) is 146 cm³/mol. The molecule has 212 valence electrons. The summed E-state index contributed by atoms with van der Waals surface area (Å²) in [6, 6.07) is 0. The van der Waals surface area contributed by atoms with Crippen molar-refractivity contribution in [1.29, 1.82) is 0 Å². The number of nitrogens with two attached hydrogens (primary N) is 1. The summed E-state index contributed by atoms with van der Waals surface area (Å²) in [5.74, 6) is -1.98. The maximum Gasteiger partial charge on any atom is 0.335 e. The first kappa shape index (κ1) is 29.0. The highest BCUT2D eigenvalue weighted by Gasteiger charge is 2.73. The van der Waals surface area contributed by atoms with Gasteiger partial charge in [0, 0.05) is 18.4 Å². The van der Waals surface area contributed by atoms with E-state index in [9.17, 15) is 24.9 Å². The highest BCUT2D eigenvalue weighted by atomic mass is 16.5. The van der Waals surface area contributed by atoms with Crippen molar-refractivity contribution in [2.24, 2.45) is 39.7 Å². The second-order valence-electron chi connectivity index (χ2n) is 13.6. The van der Waals surface area contributed by atoms with E-state index in [4.69, 9.17) is 10.5 Å². The van der Waals surface area contributed by atoms with Crippen LogP contribution in [0.25, 0.3) is 0 Å². The average Bonchev–Trinajstić information content (AvgIpc) is 3.08. The molecule has 0 aromatic carbocycles. The Morgan fingerprint density at radius 3 is 2.24 bits per heavy atom. The van der Waals surface area contributed by atoms with Crippen molar-refractivity contribution in [2.75, 3.05) is 0 Å². The van der Waals surface area contributed by atoms with E-state index in [0.29, 0.717) is 31.3 Å². The van der Waals surface area contributed by atoms with E-state index in [1.54, 1.807) is 12.2 Å². The Morgan fingerprint density at radius 2 is 1.66 bits per heavy atom. The number of carboxylic acids is 1. The maximum atomic E-state index is 12.6. The fraction of sp³-hybridized carbons (Fsp3) is 0.742. The van der Waals surface area contributed by atoms with Crippen LogP contribution in [0.2, 0.25) is 0 Å². The molecule has 38 heavy (non-hydrogen) atoms. The molecule has 4 saturated carbocycles. The average molecular weight is 530 g/mol. The van der Waals surface area contributed by atoms with Gasteiger partial charge in [-0.05, 0) is 92.1 Å². The van der Waals surface area contributed by atoms with Crippen molar-refractivity contribution in [2.45, 2.75) is 111 Å². The van der Waals surface area contributed by atoms with Gasteiger partial charge >= 0.3 is 11.9 Å². The molecule has 0 amide bonds. The minimum absolute atomic E-state index is 0.0878. The number of rotatable bonds is 4. The Hall–Kier alpha value is -1.96. The lowest BCUT2D eigenvalue weighted by Crippen LogP contribution is -2.75. The highest BCUT2D eigenvalue weighted by Crippen LogP contribution is 2.74. The van der Waals surface area contributed by atoms with Crippen LogP contribution in [0.1, 0.15) is 87.0 Å². The van der Waals surface area contributed by atoms with Crippen LogP contribution in [0.3, 0.4) is 0 Å². The Kier molecular flexibility index (Phi) is 7.33. The molecule has 0 radical (unpaired) electrons. The van der Waals surface area contributed by atoms with Crippen molar-refractivity contribution < 1.29 is 29.6 Å². The molecule has 5 N–H and O–H groups in total. The molecule has 0 heterocycles. The first-order valence-corrected chi connectivity index (χ1v) is 14.1. The Balaban J connectivity index is 1.88. The molecule has 0 aliphatic heterocycles. The number of aliphatic carboxylic acids is 1. The van der Waals surface area contributed by atoms with E-state index in [2.05, 4.69) is 20.8 Å². The highest BCUT2D eigenvalue weighted by molar-refractivity contribution is 5.91. The quantitative estimate of drug-likeness (QED) is 0.239. The third-order valence-corrected chi connectivity index (χ3v) is 11.7. The zero-order valence-corrected chi connectivity index (χ0v) is 24.1. The largest absolute Gasteiger partial charge is 0.478 e. The minimum Gasteiger partial charge on any atom is -0.478 e. The molecule has 0 spiro atoms. The summed E-state index contributed by atoms with van der Waals surface area (Å²) < 4.78 is 5.83. The van der Waals surface area contributed by atoms with Gasteiger partial charge in [-0.1, -0.05) is 45.4 Å². The SMILES string of the molecule is CC(=O)OC1CC2(C)[C@@H](C[C@@H](O)[C@@H]3C2(C)CC[C@@]2(N)C(C)[C@H](O)CCC32C)/C1=C(\C=C/C=C(C)C)C(=O)O. The standard InChI is InChI=1S/C31H47NO6/c1-17(2)9-8-10-20(27(36)37)25-21-15-23(35)26-28(5,30(21,7)16-24(25)38-19(4)33)13-14-31(32)18(3)22(34)11-12-29(26,31)6/h8-10,18,21-24,26,34-35H,11-16,32H2,1-7H3,(H,36,37)/b10-8-,25-20-/t18?,21-,22+,23+,24?,26+,28?,29?,30?,31+/m0/s1. The van der Waals surface area contributed by atoms with E-state index >= 15 is 0 Å². The summed E-state index contributed by atoms with van der Waals surface area (Å²) in [4.78, 5) is 24.8. The summed E-state index contributed by atoms with van der Waals surface area (Å²) >= 11 is 0. The van der Waals surface area contributed by atoms with Gasteiger partial charge < -0.3 is 25.8 Å². The summed E-state index contributed by atoms with van der Waals surface area (Å²) in [6.45, 7) is 13.9. The molecular formula is C31H47NO6. The molecule has 7 heteroatoms. The molecule has 0 aromatic heterocycles. The molecule has 7 nitrogen and oxygen atoms in total. The molecule has 4 aliphatic rings. The molecule has 4 rings (SSSR count). The van der Waals surface area contributed by atoms with Crippen molar-refractivity contribution in [3.63, 3.8) is 0 Å². The second kappa shape index (κ2) is 9.60. The smallest absolute Gasteiger partial charge is 0.335 e. The van der Waals surface area contributed by atoms with E-state index in [0.717, 1.165) is 18.4 Å². The number of carbonyl (C=O) groups is 2. The minimum atomic E-state index is -1.06. The summed E-state index contributed by atoms with van der Waals surface area (Å²) in [6.07, 6.45) is 7.10. The molecule has 4 aliphatic carbocycles. The van der Waals surface area contributed by atoms with Crippen molar-refractivity contribution in [3.8, 4) is 0 Å². The first-order valence-electron chi connectivity index (χ1n) is 14.1. The normalized spacial score (nSPS) is 47.5. The number of fused-ring (bicyclic) bond motifs is 5. The third-order valence-electron chi connectivity index (χ3n) is 11.7. The van der Waals surface area contributed by atoms with Crippen LogP contribution >= 0.6 is 0 Å². The number of ether oxygens (including phenoxy) is 1. The van der Waals surface area contributed by atoms with Crippen LogP contribution in [0.4, 0.5) is 0 Å². The maximum absolute atomic E-state index is 12.6. The first-order chi connectivity index (χ1) is 17.5. The fourth-order valence-electron chi connectivity index (χ4n) is 9.46. The van der Waals surface area contributed by atoms with Gasteiger partial charge in [0.15, 0.2) is 0 Å². The predicted octanol–water partition coefficient (Wildman–Crippen LogP) is 4.52. The van der Waals surface area contributed by atoms with Crippen LogP contribution in [0, 0.1) is 34.0 Å². The summed E-state index contributed by atoms with van der Waals surface area (Å²) in [7, 11) is 0. The number of hydrogen-bond donors (Lipinski definition) is 4. The Bertz CT molecular complexity index is 1090. The van der Waals surface area contributed by atoms with Crippen LogP contribution < -0.4 is 5.73 Å². The van der Waals surface area contributed by atoms with Gasteiger partial charge in [0.05, 0.1) is 17.8 Å². The van der Waals surface area contributed by atoms with Gasteiger partial charge in [-0.3, -0.25) is 4.79 Å². The van der Waals surface area contributed by atoms with Crippen LogP contribution in [0.5, 0.6) is 0 Å². The zero-order valence-electron chi connectivity index (χ0n) is 24.1. The lowest BCUT2D eigenvalue weighted by atomic mass is 9.34.